The first-order valence-corrected chi connectivity index (χ1v) is 6.71. The van der Waals surface area contributed by atoms with Crippen LogP contribution in [0.4, 0.5) is 5.82 Å². The first-order valence-electron chi connectivity index (χ1n) is 6.71. The van der Waals surface area contributed by atoms with Crippen molar-refractivity contribution in [3.63, 3.8) is 0 Å². The Bertz CT molecular complexity index is 588. The monoisotopic (exact) mass is 273 g/mol. The van der Waals surface area contributed by atoms with Crippen LogP contribution in [0.2, 0.25) is 0 Å². The maximum absolute atomic E-state index is 12.2. The number of nitrogens with two attached hydrogens (primary N) is 1. The van der Waals surface area contributed by atoms with Crippen LogP contribution >= 0.6 is 0 Å². The molecule has 6 nitrogen and oxygen atoms in total. The first-order chi connectivity index (χ1) is 9.67. The largest absolute Gasteiger partial charge is 0.326 e. The second-order valence-electron chi connectivity index (χ2n) is 4.40. The molecule has 0 fully saturated rings. The van der Waals surface area contributed by atoms with E-state index in [1.54, 1.807) is 16.9 Å². The summed E-state index contributed by atoms with van der Waals surface area (Å²) >= 11 is 0. The summed E-state index contributed by atoms with van der Waals surface area (Å²) in [5.74, 6) is 0.307. The van der Waals surface area contributed by atoms with Gasteiger partial charge >= 0.3 is 0 Å². The third-order valence-corrected chi connectivity index (χ3v) is 3.03. The van der Waals surface area contributed by atoms with E-state index in [1.165, 1.54) is 0 Å². The molecule has 2 heterocycles. The van der Waals surface area contributed by atoms with Crippen LogP contribution < -0.4 is 11.1 Å². The second-order valence-corrected chi connectivity index (χ2v) is 4.40. The van der Waals surface area contributed by atoms with E-state index in [9.17, 15) is 4.79 Å². The molecular formula is C14H19N5O. The van der Waals surface area contributed by atoms with Gasteiger partial charge in [-0.05, 0) is 31.0 Å². The van der Waals surface area contributed by atoms with Crippen molar-refractivity contribution in [2.75, 3.05) is 5.32 Å². The van der Waals surface area contributed by atoms with Crippen molar-refractivity contribution < 1.29 is 4.79 Å². The van der Waals surface area contributed by atoms with Crippen molar-refractivity contribution in [1.29, 1.82) is 0 Å². The average Bonchev–Trinajstić information content (AvgIpc) is 2.91. The van der Waals surface area contributed by atoms with Crippen LogP contribution in [0.3, 0.4) is 0 Å². The Morgan fingerprint density at radius 2 is 2.20 bits per heavy atom. The number of nitrogens with zero attached hydrogens (tertiary/aromatic N) is 3. The van der Waals surface area contributed by atoms with E-state index in [0.717, 1.165) is 17.7 Å². The number of aromatic nitrogens is 3. The van der Waals surface area contributed by atoms with E-state index in [-0.39, 0.29) is 5.91 Å². The Morgan fingerprint density at radius 3 is 2.75 bits per heavy atom. The molecule has 0 aliphatic carbocycles. The predicted octanol–water partition coefficient (Wildman–Crippen LogP) is 1.57. The highest BCUT2D eigenvalue weighted by Gasteiger charge is 2.14. The summed E-state index contributed by atoms with van der Waals surface area (Å²) in [6, 6.07) is 5.40. The summed E-state index contributed by atoms with van der Waals surface area (Å²) in [7, 11) is 0. The van der Waals surface area contributed by atoms with E-state index >= 15 is 0 Å². The van der Waals surface area contributed by atoms with Gasteiger partial charge in [0.15, 0.2) is 0 Å². The third-order valence-electron chi connectivity index (χ3n) is 3.03. The molecule has 1 amide bonds. The average molecular weight is 273 g/mol. The molecule has 2 aromatic heterocycles. The van der Waals surface area contributed by atoms with Gasteiger partial charge in [0, 0.05) is 19.3 Å². The molecule has 0 aliphatic rings. The van der Waals surface area contributed by atoms with Gasteiger partial charge in [0.25, 0.3) is 5.91 Å². The minimum atomic E-state index is -0.202. The van der Waals surface area contributed by atoms with Gasteiger partial charge in [-0.3, -0.25) is 9.48 Å². The Morgan fingerprint density at radius 1 is 1.40 bits per heavy atom. The second kappa shape index (κ2) is 6.29. The molecule has 106 valence electrons. The highest BCUT2D eigenvalue weighted by atomic mass is 16.2. The molecule has 2 rings (SSSR count). The number of carbonyl (C=O) groups excluding carboxylic acids is 1. The number of hydrogen-bond acceptors (Lipinski definition) is 4. The van der Waals surface area contributed by atoms with Gasteiger partial charge in [-0.2, -0.15) is 5.10 Å². The topological polar surface area (TPSA) is 85.8 Å². The van der Waals surface area contributed by atoms with Crippen LogP contribution in [-0.2, 0) is 19.5 Å². The fourth-order valence-corrected chi connectivity index (χ4v) is 1.87. The number of aryl methyl sites for hydroxylation is 2. The zero-order valence-corrected chi connectivity index (χ0v) is 11.8. The van der Waals surface area contributed by atoms with Crippen LogP contribution in [-0.4, -0.2) is 20.7 Å². The molecule has 6 heteroatoms. The Balaban J connectivity index is 2.16. The first kappa shape index (κ1) is 14.2. The molecule has 20 heavy (non-hydrogen) atoms. The summed E-state index contributed by atoms with van der Waals surface area (Å²) in [5, 5.41) is 7.13. The highest BCUT2D eigenvalue weighted by molar-refractivity contribution is 6.02. The van der Waals surface area contributed by atoms with Crippen molar-refractivity contribution in [3.8, 4) is 0 Å². The maximum Gasteiger partial charge on any atom is 0.275 e. The number of anilines is 1. The quantitative estimate of drug-likeness (QED) is 0.866. The van der Waals surface area contributed by atoms with Crippen LogP contribution in [0, 0.1) is 0 Å². The lowest BCUT2D eigenvalue weighted by molar-refractivity contribution is 0.101. The van der Waals surface area contributed by atoms with Crippen molar-refractivity contribution in [1.82, 2.24) is 14.8 Å². The minimum absolute atomic E-state index is 0.202. The standard InChI is InChI=1S/C14H19N5O/c1-3-11-7-12(19(4-2)18-11)14(20)17-13-6-5-10(8-15)9-16-13/h5-7,9H,3-4,8,15H2,1-2H3,(H,16,17,20). The van der Waals surface area contributed by atoms with E-state index < -0.39 is 0 Å². The fraction of sp³-hybridized carbons (Fsp3) is 0.357. The molecular weight excluding hydrogens is 254 g/mol. The van der Waals surface area contributed by atoms with E-state index in [1.807, 2.05) is 26.0 Å². The highest BCUT2D eigenvalue weighted by Crippen LogP contribution is 2.10. The lowest BCUT2D eigenvalue weighted by atomic mass is 10.2. The SMILES string of the molecule is CCc1cc(C(=O)Nc2ccc(CN)cn2)n(CC)n1. The lowest BCUT2D eigenvalue weighted by Gasteiger charge is -2.06. The van der Waals surface area contributed by atoms with E-state index in [0.29, 0.717) is 24.6 Å². The van der Waals surface area contributed by atoms with Gasteiger partial charge in [-0.1, -0.05) is 13.0 Å². The molecule has 0 aromatic carbocycles. The number of amides is 1. The van der Waals surface area contributed by atoms with Crippen LogP contribution in [0.1, 0.15) is 35.6 Å². The van der Waals surface area contributed by atoms with Crippen molar-refractivity contribution in [2.45, 2.75) is 33.4 Å². The van der Waals surface area contributed by atoms with E-state index in [2.05, 4.69) is 15.4 Å². The maximum atomic E-state index is 12.2. The molecule has 0 saturated heterocycles. The molecule has 3 N–H and O–H groups in total. The molecule has 0 unspecified atom stereocenters. The summed E-state index contributed by atoms with van der Waals surface area (Å²) < 4.78 is 1.70. The molecule has 0 radical (unpaired) electrons. The molecule has 0 aliphatic heterocycles. The van der Waals surface area contributed by atoms with Crippen molar-refractivity contribution in [3.05, 3.63) is 41.3 Å². The molecule has 0 saturated carbocycles. The Labute approximate surface area is 118 Å². The summed E-state index contributed by atoms with van der Waals surface area (Å²) in [5.41, 5.74) is 7.89. The fourth-order valence-electron chi connectivity index (χ4n) is 1.87. The predicted molar refractivity (Wildman–Crippen MR) is 77.4 cm³/mol. The van der Waals surface area contributed by atoms with E-state index in [4.69, 9.17) is 5.73 Å². The van der Waals surface area contributed by atoms with Gasteiger partial charge in [0.05, 0.1) is 5.69 Å². The summed E-state index contributed by atoms with van der Waals surface area (Å²) in [6.45, 7) is 5.06. The number of pyridine rings is 1. The van der Waals surface area contributed by atoms with Crippen molar-refractivity contribution in [2.24, 2.45) is 5.73 Å². The zero-order chi connectivity index (χ0) is 14.5. The number of hydrogen-bond donors (Lipinski definition) is 2. The Hall–Kier alpha value is -2.21. The van der Waals surface area contributed by atoms with Gasteiger partial charge in [-0.15, -0.1) is 0 Å². The van der Waals surface area contributed by atoms with Crippen LogP contribution in [0.5, 0.6) is 0 Å². The molecule has 0 spiro atoms. The molecule has 0 bridgehead atoms. The zero-order valence-electron chi connectivity index (χ0n) is 11.8. The minimum Gasteiger partial charge on any atom is -0.326 e. The van der Waals surface area contributed by atoms with Crippen LogP contribution in [0.25, 0.3) is 0 Å². The van der Waals surface area contributed by atoms with Gasteiger partial charge in [-0.25, -0.2) is 4.98 Å². The third kappa shape index (κ3) is 3.03. The summed E-state index contributed by atoms with van der Waals surface area (Å²) in [6.07, 6.45) is 2.46. The number of nitrogens with one attached hydrogen (secondary N) is 1. The van der Waals surface area contributed by atoms with Gasteiger partial charge in [0.1, 0.15) is 11.5 Å². The van der Waals surface area contributed by atoms with Gasteiger partial charge < -0.3 is 11.1 Å². The van der Waals surface area contributed by atoms with Gasteiger partial charge in [0.2, 0.25) is 0 Å². The molecule has 2 aromatic rings. The number of rotatable bonds is 5. The normalized spacial score (nSPS) is 10.6. The lowest BCUT2D eigenvalue weighted by Crippen LogP contribution is -2.18. The molecule has 0 atom stereocenters. The summed E-state index contributed by atoms with van der Waals surface area (Å²) in [4.78, 5) is 16.4. The Kier molecular flexibility index (Phi) is 4.47. The van der Waals surface area contributed by atoms with Crippen LogP contribution in [0.15, 0.2) is 24.4 Å². The number of carbonyl (C=O) groups is 1. The smallest absolute Gasteiger partial charge is 0.275 e. The van der Waals surface area contributed by atoms with Crippen molar-refractivity contribution >= 4 is 11.7 Å².